The SMILES string of the molecule is CC(=O)c1ccc(-c2ccc(-c3cc(C(=O)N[C@H](CC(=O)O)c4ccccc4)sc3F)cc2)cc1. The molecule has 0 spiro atoms. The number of halogens is 1. The van der Waals surface area contributed by atoms with Gasteiger partial charge in [-0.15, -0.1) is 11.3 Å². The zero-order chi connectivity index (χ0) is 24.9. The number of carboxylic acids is 1. The van der Waals surface area contributed by atoms with Gasteiger partial charge in [-0.2, -0.15) is 4.39 Å². The Morgan fingerprint density at radius 3 is 2.03 bits per heavy atom. The zero-order valence-electron chi connectivity index (χ0n) is 18.8. The molecule has 0 unspecified atom stereocenters. The van der Waals surface area contributed by atoms with Crippen LogP contribution in [0.3, 0.4) is 0 Å². The van der Waals surface area contributed by atoms with Crippen LogP contribution in [0.25, 0.3) is 22.3 Å². The molecule has 0 saturated heterocycles. The summed E-state index contributed by atoms with van der Waals surface area (Å²) in [6.07, 6.45) is -0.286. The number of nitrogens with one attached hydrogen (secondary N) is 1. The molecule has 1 aromatic heterocycles. The Hall–Kier alpha value is -4.10. The number of aliphatic carboxylic acids is 1. The average Bonchev–Trinajstić information content (AvgIpc) is 3.26. The Morgan fingerprint density at radius 2 is 1.46 bits per heavy atom. The number of carbonyl (C=O) groups is 3. The van der Waals surface area contributed by atoms with E-state index < -0.39 is 23.0 Å². The molecule has 0 aliphatic carbocycles. The van der Waals surface area contributed by atoms with E-state index in [1.54, 1.807) is 54.6 Å². The highest BCUT2D eigenvalue weighted by molar-refractivity contribution is 7.12. The van der Waals surface area contributed by atoms with Gasteiger partial charge >= 0.3 is 5.97 Å². The first-order chi connectivity index (χ1) is 16.8. The monoisotopic (exact) mass is 487 g/mol. The van der Waals surface area contributed by atoms with Gasteiger partial charge < -0.3 is 10.4 Å². The molecule has 0 aliphatic heterocycles. The van der Waals surface area contributed by atoms with Crippen LogP contribution >= 0.6 is 11.3 Å². The van der Waals surface area contributed by atoms with E-state index in [1.807, 2.05) is 24.3 Å². The van der Waals surface area contributed by atoms with Crippen molar-refractivity contribution in [2.24, 2.45) is 0 Å². The number of Topliss-reactive ketones (excluding diaryl/α,β-unsaturated/α-hetero) is 1. The molecule has 3 aromatic carbocycles. The van der Waals surface area contributed by atoms with Gasteiger partial charge in [-0.3, -0.25) is 14.4 Å². The summed E-state index contributed by atoms with van der Waals surface area (Å²) in [5, 5.41) is 11.5. The lowest BCUT2D eigenvalue weighted by Crippen LogP contribution is -2.29. The fourth-order valence-electron chi connectivity index (χ4n) is 3.76. The van der Waals surface area contributed by atoms with Crippen LogP contribution in [0.4, 0.5) is 4.39 Å². The van der Waals surface area contributed by atoms with E-state index in [1.165, 1.54) is 13.0 Å². The van der Waals surface area contributed by atoms with Gasteiger partial charge in [0.15, 0.2) is 10.9 Å². The van der Waals surface area contributed by atoms with E-state index in [9.17, 15) is 23.9 Å². The van der Waals surface area contributed by atoms with E-state index in [4.69, 9.17) is 0 Å². The van der Waals surface area contributed by atoms with Crippen molar-refractivity contribution >= 4 is 29.0 Å². The Balaban J connectivity index is 1.53. The summed E-state index contributed by atoms with van der Waals surface area (Å²) in [4.78, 5) is 35.8. The van der Waals surface area contributed by atoms with Crippen molar-refractivity contribution in [3.63, 3.8) is 0 Å². The fourth-order valence-corrected chi connectivity index (χ4v) is 4.57. The van der Waals surface area contributed by atoms with Gasteiger partial charge in [0, 0.05) is 11.1 Å². The zero-order valence-corrected chi connectivity index (χ0v) is 19.6. The quantitative estimate of drug-likeness (QED) is 0.283. The van der Waals surface area contributed by atoms with Crippen LogP contribution < -0.4 is 5.32 Å². The molecule has 1 amide bonds. The Labute approximate surface area is 205 Å². The Morgan fingerprint density at radius 1 is 0.886 bits per heavy atom. The predicted molar refractivity (Wildman–Crippen MR) is 134 cm³/mol. The second-order valence-corrected chi connectivity index (χ2v) is 9.05. The molecule has 5 nitrogen and oxygen atoms in total. The summed E-state index contributed by atoms with van der Waals surface area (Å²) in [5.41, 5.74) is 4.05. The first-order valence-electron chi connectivity index (χ1n) is 10.9. The standard InChI is InChI=1S/C28H22FNO4S/c1-17(31)18-7-9-19(10-8-18)20-11-13-21(14-12-20)23-15-25(35-27(23)29)28(34)30-24(16-26(32)33)22-5-3-2-4-6-22/h2-15,24H,16H2,1H3,(H,30,34)(H,32,33)/t24-/m1/s1. The van der Waals surface area contributed by atoms with Gasteiger partial charge in [0.2, 0.25) is 0 Å². The van der Waals surface area contributed by atoms with Crippen LogP contribution in [-0.2, 0) is 4.79 Å². The van der Waals surface area contributed by atoms with Crippen molar-refractivity contribution in [3.8, 4) is 22.3 Å². The number of benzene rings is 3. The van der Waals surface area contributed by atoms with E-state index in [-0.39, 0.29) is 17.1 Å². The minimum absolute atomic E-state index is 0.00211. The lowest BCUT2D eigenvalue weighted by atomic mass is 10.00. The van der Waals surface area contributed by atoms with Gasteiger partial charge in [-0.05, 0) is 35.2 Å². The van der Waals surface area contributed by atoms with Gasteiger partial charge in [0.05, 0.1) is 17.3 Å². The highest BCUT2D eigenvalue weighted by Crippen LogP contribution is 2.32. The van der Waals surface area contributed by atoms with Crippen LogP contribution in [-0.4, -0.2) is 22.8 Å². The molecule has 4 rings (SSSR count). The summed E-state index contributed by atoms with van der Waals surface area (Å²) < 4.78 is 14.8. The summed E-state index contributed by atoms with van der Waals surface area (Å²) in [6.45, 7) is 1.52. The number of carbonyl (C=O) groups excluding carboxylic acids is 2. The maximum atomic E-state index is 14.8. The normalized spacial score (nSPS) is 11.6. The number of ketones is 1. The minimum Gasteiger partial charge on any atom is -0.481 e. The molecule has 0 bridgehead atoms. The van der Waals surface area contributed by atoms with Gasteiger partial charge in [0.25, 0.3) is 5.91 Å². The molecule has 0 fully saturated rings. The lowest BCUT2D eigenvalue weighted by Gasteiger charge is -2.16. The molecule has 1 atom stereocenters. The van der Waals surface area contributed by atoms with Crippen LogP contribution in [0.5, 0.6) is 0 Å². The molecular formula is C28H22FNO4S. The molecule has 7 heteroatoms. The summed E-state index contributed by atoms with van der Waals surface area (Å²) in [6, 6.07) is 24.1. The fraction of sp³-hybridized carbons (Fsp3) is 0.107. The molecule has 1 heterocycles. The third-order valence-corrected chi connectivity index (χ3v) is 6.54. The molecule has 176 valence electrons. The van der Waals surface area contributed by atoms with Crippen molar-refractivity contribution in [2.75, 3.05) is 0 Å². The second kappa shape index (κ2) is 10.4. The lowest BCUT2D eigenvalue weighted by molar-refractivity contribution is -0.137. The smallest absolute Gasteiger partial charge is 0.305 e. The summed E-state index contributed by atoms with van der Waals surface area (Å²) in [5.74, 6) is -1.58. The van der Waals surface area contributed by atoms with Gasteiger partial charge in [0.1, 0.15) is 0 Å². The number of hydrogen-bond acceptors (Lipinski definition) is 4. The first kappa shape index (κ1) is 24.0. The van der Waals surface area contributed by atoms with E-state index in [0.717, 1.165) is 22.5 Å². The number of amides is 1. The molecule has 0 saturated carbocycles. The van der Waals surface area contributed by atoms with Crippen molar-refractivity contribution in [1.29, 1.82) is 0 Å². The molecule has 4 aromatic rings. The highest BCUT2D eigenvalue weighted by Gasteiger charge is 2.22. The van der Waals surface area contributed by atoms with Gasteiger partial charge in [-0.1, -0.05) is 78.9 Å². The molecule has 0 aliphatic rings. The number of thiophene rings is 1. The van der Waals surface area contributed by atoms with Crippen LogP contribution in [0.1, 0.15) is 45.0 Å². The predicted octanol–water partition coefficient (Wildman–Crippen LogP) is 6.37. The Bertz CT molecular complexity index is 1360. The van der Waals surface area contributed by atoms with E-state index in [0.29, 0.717) is 22.3 Å². The third-order valence-electron chi connectivity index (χ3n) is 5.62. The molecular weight excluding hydrogens is 465 g/mol. The largest absolute Gasteiger partial charge is 0.481 e. The van der Waals surface area contributed by atoms with Crippen LogP contribution in [0.15, 0.2) is 84.9 Å². The van der Waals surface area contributed by atoms with E-state index >= 15 is 0 Å². The number of carboxylic acid groups (broad SMARTS) is 1. The van der Waals surface area contributed by atoms with Crippen molar-refractivity contribution in [2.45, 2.75) is 19.4 Å². The van der Waals surface area contributed by atoms with Crippen LogP contribution in [0, 0.1) is 5.13 Å². The van der Waals surface area contributed by atoms with Crippen molar-refractivity contribution in [1.82, 2.24) is 5.32 Å². The van der Waals surface area contributed by atoms with Crippen molar-refractivity contribution < 1.29 is 23.9 Å². The van der Waals surface area contributed by atoms with Crippen molar-refractivity contribution in [3.05, 3.63) is 106 Å². The maximum Gasteiger partial charge on any atom is 0.305 e. The molecule has 35 heavy (non-hydrogen) atoms. The van der Waals surface area contributed by atoms with Gasteiger partial charge in [-0.25, -0.2) is 0 Å². The first-order valence-corrected chi connectivity index (χ1v) is 11.7. The molecule has 2 N–H and O–H groups in total. The Kier molecular flexibility index (Phi) is 7.17. The highest BCUT2D eigenvalue weighted by atomic mass is 32.1. The minimum atomic E-state index is -1.05. The average molecular weight is 488 g/mol. The maximum absolute atomic E-state index is 14.8. The van der Waals surface area contributed by atoms with E-state index in [2.05, 4.69) is 5.32 Å². The van der Waals surface area contributed by atoms with Crippen LogP contribution in [0.2, 0.25) is 0 Å². The molecule has 0 radical (unpaired) electrons. The second-order valence-electron chi connectivity index (χ2n) is 8.04. The summed E-state index contributed by atoms with van der Waals surface area (Å²) >= 11 is 0.720. The number of hydrogen-bond donors (Lipinski definition) is 2. The third kappa shape index (κ3) is 5.70. The topological polar surface area (TPSA) is 83.5 Å². The summed E-state index contributed by atoms with van der Waals surface area (Å²) in [7, 11) is 0. The number of rotatable bonds is 8.